The van der Waals surface area contributed by atoms with E-state index in [0.29, 0.717) is 11.1 Å². The van der Waals surface area contributed by atoms with Crippen LogP contribution in [0.3, 0.4) is 0 Å². The van der Waals surface area contributed by atoms with Gasteiger partial charge >= 0.3 is 0 Å². The second kappa shape index (κ2) is 9.65. The van der Waals surface area contributed by atoms with Crippen LogP contribution >= 0.6 is 0 Å². The molecule has 0 amide bonds. The second-order valence-corrected chi connectivity index (χ2v) is 11.1. The number of fused-ring (bicyclic) bond motifs is 2. The van der Waals surface area contributed by atoms with E-state index in [1.54, 1.807) is 25.1 Å². The average Bonchev–Trinajstić information content (AvgIpc) is 3.11. The van der Waals surface area contributed by atoms with Gasteiger partial charge in [0.2, 0.25) is 0 Å². The quantitative estimate of drug-likeness (QED) is 0.322. The van der Waals surface area contributed by atoms with Crippen molar-refractivity contribution in [2.45, 2.75) is 73.6 Å². The lowest BCUT2D eigenvalue weighted by Gasteiger charge is -2.40. The molecule has 2 aromatic rings. The molecule has 1 aromatic heterocycles. The number of hydrogen-bond acceptors (Lipinski definition) is 4. The Morgan fingerprint density at radius 1 is 1.19 bits per heavy atom. The van der Waals surface area contributed by atoms with Crippen molar-refractivity contribution in [1.29, 1.82) is 0 Å². The lowest BCUT2D eigenvalue weighted by atomic mass is 9.62. The lowest BCUT2D eigenvalue weighted by molar-refractivity contribution is -0.120. The number of rotatable bonds is 6. The molecular weight excluding hydrogens is 448 g/mol. The van der Waals surface area contributed by atoms with Crippen LogP contribution in [0.25, 0.3) is 6.08 Å². The van der Waals surface area contributed by atoms with Crippen molar-refractivity contribution in [2.75, 3.05) is 0 Å². The van der Waals surface area contributed by atoms with E-state index in [9.17, 15) is 15.0 Å². The third kappa shape index (κ3) is 4.61. The highest BCUT2D eigenvalue weighted by molar-refractivity contribution is 5.95. The molecule has 0 spiro atoms. The van der Waals surface area contributed by atoms with Crippen LogP contribution in [0.5, 0.6) is 11.5 Å². The number of carbonyl (C=O) groups excluding carboxylic acids is 1. The molecule has 0 saturated heterocycles. The minimum absolute atomic E-state index is 0.106. The Balaban J connectivity index is 1.84. The van der Waals surface area contributed by atoms with E-state index in [2.05, 4.69) is 52.8 Å². The monoisotopic (exact) mass is 486 g/mol. The molecule has 4 rings (SSSR count). The predicted molar refractivity (Wildman–Crippen MR) is 145 cm³/mol. The van der Waals surface area contributed by atoms with Gasteiger partial charge in [-0.25, -0.2) is 0 Å². The smallest absolute Gasteiger partial charge is 0.159 e. The van der Waals surface area contributed by atoms with Gasteiger partial charge in [-0.2, -0.15) is 0 Å². The van der Waals surface area contributed by atoms with Crippen LogP contribution < -0.4 is 0 Å². The highest BCUT2D eigenvalue weighted by Crippen LogP contribution is 2.50. The topological polar surface area (TPSA) is 70.7 Å². The number of allylic oxidation sites excluding steroid dienone is 7. The second-order valence-electron chi connectivity index (χ2n) is 11.1. The van der Waals surface area contributed by atoms with E-state index in [1.807, 2.05) is 13.0 Å². The Hall–Kier alpha value is -3.27. The summed E-state index contributed by atoms with van der Waals surface area (Å²) in [6.07, 6.45) is 12.6. The van der Waals surface area contributed by atoms with Gasteiger partial charge in [-0.05, 0) is 94.9 Å². The van der Waals surface area contributed by atoms with Gasteiger partial charge in [0.25, 0.3) is 0 Å². The number of aromatic hydroxyl groups is 2. The molecule has 1 aromatic carbocycles. The molecule has 1 unspecified atom stereocenters. The third-order valence-electron chi connectivity index (χ3n) is 8.11. The van der Waals surface area contributed by atoms with E-state index < -0.39 is 0 Å². The summed E-state index contributed by atoms with van der Waals surface area (Å²) in [7, 11) is 0. The van der Waals surface area contributed by atoms with E-state index in [1.165, 1.54) is 11.1 Å². The number of carbonyl (C=O) groups is 1. The molecule has 190 valence electrons. The van der Waals surface area contributed by atoms with Crippen LogP contribution in [0.4, 0.5) is 0 Å². The Morgan fingerprint density at radius 3 is 2.61 bits per heavy atom. The highest BCUT2D eigenvalue weighted by atomic mass is 16.3. The number of phenols is 2. The van der Waals surface area contributed by atoms with Crippen LogP contribution in [0.2, 0.25) is 0 Å². The summed E-state index contributed by atoms with van der Waals surface area (Å²) in [5.74, 6) is 1.57. The first-order valence-electron chi connectivity index (χ1n) is 12.8. The van der Waals surface area contributed by atoms with Crippen LogP contribution in [-0.4, -0.2) is 16.0 Å². The average molecular weight is 487 g/mol. The Kier molecular flexibility index (Phi) is 6.92. The molecule has 4 heteroatoms. The number of hydrogen-bond donors (Lipinski definition) is 2. The van der Waals surface area contributed by atoms with Crippen LogP contribution in [0.15, 0.2) is 57.6 Å². The predicted octanol–water partition coefficient (Wildman–Crippen LogP) is 7.85. The SMILES string of the molecule is CC(C)=CCC/C(C)=C/C(c1cc(O)cc(C)c1O)c1oc2c(c1C)C[C@@]1(C)C(=C2)C=CC(=O)[C@@H]1C. The summed E-state index contributed by atoms with van der Waals surface area (Å²) in [6.45, 7) is 14.3. The fourth-order valence-corrected chi connectivity index (χ4v) is 5.56. The molecule has 0 fully saturated rings. The Morgan fingerprint density at radius 2 is 1.92 bits per heavy atom. The van der Waals surface area contributed by atoms with Gasteiger partial charge in [-0.3, -0.25) is 4.79 Å². The van der Waals surface area contributed by atoms with Gasteiger partial charge in [0.1, 0.15) is 23.0 Å². The molecule has 2 N–H and O–H groups in total. The zero-order chi connectivity index (χ0) is 26.4. The summed E-state index contributed by atoms with van der Waals surface area (Å²) in [4.78, 5) is 12.5. The minimum Gasteiger partial charge on any atom is -0.508 e. The van der Waals surface area contributed by atoms with Gasteiger partial charge in [0, 0.05) is 22.5 Å². The largest absolute Gasteiger partial charge is 0.508 e. The molecule has 2 aliphatic rings. The van der Waals surface area contributed by atoms with Crippen LogP contribution in [0.1, 0.15) is 87.2 Å². The van der Waals surface area contributed by atoms with E-state index in [-0.39, 0.29) is 34.5 Å². The molecule has 0 saturated carbocycles. The van der Waals surface area contributed by atoms with Gasteiger partial charge in [-0.1, -0.05) is 43.2 Å². The molecule has 4 nitrogen and oxygen atoms in total. The molecule has 0 aliphatic heterocycles. The highest BCUT2D eigenvalue weighted by Gasteiger charge is 2.44. The first-order chi connectivity index (χ1) is 16.9. The number of ketones is 1. The number of phenolic OH excluding ortho intramolecular Hbond substituents is 2. The van der Waals surface area contributed by atoms with E-state index in [0.717, 1.165) is 47.5 Å². The molecule has 2 aliphatic carbocycles. The van der Waals surface area contributed by atoms with E-state index in [4.69, 9.17) is 4.42 Å². The van der Waals surface area contributed by atoms with Crippen molar-refractivity contribution >= 4 is 11.9 Å². The molecule has 36 heavy (non-hydrogen) atoms. The molecule has 3 atom stereocenters. The normalized spacial score (nSPS) is 22.1. The zero-order valence-corrected chi connectivity index (χ0v) is 22.5. The third-order valence-corrected chi connectivity index (χ3v) is 8.11. The fraction of sp³-hybridized carbons (Fsp3) is 0.406. The van der Waals surface area contributed by atoms with Crippen LogP contribution in [0, 0.1) is 25.2 Å². The zero-order valence-electron chi connectivity index (χ0n) is 22.5. The van der Waals surface area contributed by atoms with Crippen molar-refractivity contribution in [2.24, 2.45) is 11.3 Å². The standard InChI is InChI=1S/C32H38O4/c1-18(2)9-8-10-19(3)13-26(25-16-24(33)14-20(4)30(25)35)31-21(5)27-17-32(7)22(6)28(34)12-11-23(32)15-29(27)36-31/h9,11-16,22,26,33,35H,8,10,17H2,1-7H3/b19-13+/t22-,26?,32+/m0/s1. The van der Waals surface area contributed by atoms with Crippen molar-refractivity contribution in [3.05, 3.63) is 86.9 Å². The number of aryl methyl sites for hydroxylation is 1. The summed E-state index contributed by atoms with van der Waals surface area (Å²) in [5.41, 5.74) is 6.72. The van der Waals surface area contributed by atoms with Crippen LogP contribution in [-0.2, 0) is 11.2 Å². The number of furan rings is 1. The number of benzene rings is 1. The van der Waals surface area contributed by atoms with Crippen molar-refractivity contribution in [1.82, 2.24) is 0 Å². The maximum atomic E-state index is 12.5. The first-order valence-corrected chi connectivity index (χ1v) is 12.8. The maximum Gasteiger partial charge on any atom is 0.159 e. The summed E-state index contributed by atoms with van der Waals surface area (Å²) in [6, 6.07) is 3.21. The summed E-state index contributed by atoms with van der Waals surface area (Å²) < 4.78 is 6.54. The van der Waals surface area contributed by atoms with Gasteiger partial charge in [0.15, 0.2) is 5.78 Å². The Labute approximate surface area is 214 Å². The molecule has 0 bridgehead atoms. The van der Waals surface area contributed by atoms with Crippen molar-refractivity contribution in [3.63, 3.8) is 0 Å². The van der Waals surface area contributed by atoms with Gasteiger partial charge in [0.05, 0.1) is 5.92 Å². The molecular formula is C32H38O4. The Bertz CT molecular complexity index is 1330. The van der Waals surface area contributed by atoms with Gasteiger partial charge < -0.3 is 14.6 Å². The summed E-state index contributed by atoms with van der Waals surface area (Å²) in [5, 5.41) is 21.4. The van der Waals surface area contributed by atoms with Crippen molar-refractivity contribution < 1.29 is 19.4 Å². The van der Waals surface area contributed by atoms with E-state index >= 15 is 0 Å². The maximum absolute atomic E-state index is 12.5. The fourth-order valence-electron chi connectivity index (χ4n) is 5.56. The molecule has 0 radical (unpaired) electrons. The minimum atomic E-state index is -0.351. The van der Waals surface area contributed by atoms with Crippen molar-refractivity contribution in [3.8, 4) is 11.5 Å². The van der Waals surface area contributed by atoms with Gasteiger partial charge in [-0.15, -0.1) is 0 Å². The summed E-state index contributed by atoms with van der Waals surface area (Å²) >= 11 is 0. The first kappa shape index (κ1) is 25.8. The lowest BCUT2D eigenvalue weighted by Crippen LogP contribution is -2.38. The molecule has 1 heterocycles.